The second-order valence-electron chi connectivity index (χ2n) is 2.49. The van der Waals surface area contributed by atoms with Crippen molar-refractivity contribution < 1.29 is 0 Å². The Morgan fingerprint density at radius 2 is 1.82 bits per heavy atom. The number of halogens is 1. The van der Waals surface area contributed by atoms with E-state index in [1.807, 2.05) is 0 Å². The van der Waals surface area contributed by atoms with Crippen LogP contribution in [0, 0.1) is 3.57 Å². The summed E-state index contributed by atoms with van der Waals surface area (Å²) in [6.07, 6.45) is 0. The summed E-state index contributed by atoms with van der Waals surface area (Å²) in [4.78, 5) is 2.22. The highest BCUT2D eigenvalue weighted by molar-refractivity contribution is 14.1. The van der Waals surface area contributed by atoms with Crippen molar-refractivity contribution in [3.05, 3.63) is 27.8 Å². The van der Waals surface area contributed by atoms with E-state index in [1.54, 1.807) is 0 Å². The van der Waals surface area contributed by atoms with Gasteiger partial charge in [0, 0.05) is 22.8 Å². The molecule has 0 radical (unpaired) electrons. The van der Waals surface area contributed by atoms with Crippen molar-refractivity contribution in [2.45, 2.75) is 6.92 Å². The lowest BCUT2D eigenvalue weighted by atomic mass is 10.3. The molecule has 0 aliphatic rings. The average molecular weight is 261 g/mol. The summed E-state index contributed by atoms with van der Waals surface area (Å²) in [5.41, 5.74) is 1.29. The number of hydrogen-bond acceptors (Lipinski definition) is 1. The van der Waals surface area contributed by atoms with Gasteiger partial charge in [0.25, 0.3) is 0 Å². The lowest BCUT2D eigenvalue weighted by Crippen LogP contribution is -2.15. The summed E-state index contributed by atoms with van der Waals surface area (Å²) in [7, 11) is 2.10. The van der Waals surface area contributed by atoms with E-state index in [2.05, 4.69) is 65.7 Å². The van der Waals surface area contributed by atoms with Crippen molar-refractivity contribution in [3.8, 4) is 0 Å². The zero-order chi connectivity index (χ0) is 8.27. The molecule has 60 valence electrons. The average Bonchev–Trinajstić information content (AvgIpc) is 2.05. The Morgan fingerprint density at radius 3 is 2.27 bits per heavy atom. The lowest BCUT2D eigenvalue weighted by Gasteiger charge is -2.16. The highest BCUT2D eigenvalue weighted by atomic mass is 127. The van der Waals surface area contributed by atoms with Crippen molar-refractivity contribution in [2.24, 2.45) is 0 Å². The molecule has 1 nitrogen and oxygen atoms in total. The molecule has 2 heteroatoms. The number of rotatable bonds is 2. The maximum atomic E-state index is 2.31. The van der Waals surface area contributed by atoms with Gasteiger partial charge in [-0.2, -0.15) is 0 Å². The highest BCUT2D eigenvalue weighted by Crippen LogP contribution is 2.14. The van der Waals surface area contributed by atoms with Gasteiger partial charge in [0.2, 0.25) is 0 Å². The maximum Gasteiger partial charge on any atom is 0.0364 e. The summed E-state index contributed by atoms with van der Waals surface area (Å²) >= 11 is 2.31. The van der Waals surface area contributed by atoms with Crippen LogP contribution >= 0.6 is 22.6 Å². The molecule has 0 saturated heterocycles. The van der Waals surface area contributed by atoms with Crippen molar-refractivity contribution >= 4 is 28.3 Å². The Kier molecular flexibility index (Phi) is 3.17. The first-order valence-electron chi connectivity index (χ1n) is 3.70. The molecule has 1 aromatic rings. The van der Waals surface area contributed by atoms with Crippen molar-refractivity contribution in [2.75, 3.05) is 18.5 Å². The standard InChI is InChI=1S/C9H12IN/c1-3-11(2)9-6-4-8(10)5-7-9/h4-7H,3H2,1-2H3. The normalized spacial score (nSPS) is 9.73. The van der Waals surface area contributed by atoms with Crippen LogP contribution in [0.15, 0.2) is 24.3 Å². The first-order chi connectivity index (χ1) is 5.24. The van der Waals surface area contributed by atoms with Crippen LogP contribution in [0.3, 0.4) is 0 Å². The third kappa shape index (κ3) is 2.36. The molecular formula is C9H12IN. The fourth-order valence-corrected chi connectivity index (χ4v) is 1.24. The van der Waals surface area contributed by atoms with E-state index in [0.29, 0.717) is 0 Å². The van der Waals surface area contributed by atoms with Gasteiger partial charge in [-0.25, -0.2) is 0 Å². The number of nitrogens with zero attached hydrogens (tertiary/aromatic N) is 1. The molecule has 0 N–H and O–H groups in total. The van der Waals surface area contributed by atoms with Gasteiger partial charge < -0.3 is 4.90 Å². The summed E-state index contributed by atoms with van der Waals surface area (Å²) in [5.74, 6) is 0. The van der Waals surface area contributed by atoms with Crippen LogP contribution in [0.5, 0.6) is 0 Å². The van der Waals surface area contributed by atoms with Gasteiger partial charge in [-0.1, -0.05) is 0 Å². The zero-order valence-electron chi connectivity index (χ0n) is 6.84. The largest absolute Gasteiger partial charge is 0.375 e. The topological polar surface area (TPSA) is 3.24 Å². The third-order valence-electron chi connectivity index (χ3n) is 1.74. The molecule has 0 bridgehead atoms. The SMILES string of the molecule is CCN(C)c1ccc(I)cc1. The fraction of sp³-hybridized carbons (Fsp3) is 0.333. The van der Waals surface area contributed by atoms with E-state index < -0.39 is 0 Å². The lowest BCUT2D eigenvalue weighted by molar-refractivity contribution is 0.968. The number of anilines is 1. The van der Waals surface area contributed by atoms with E-state index in [9.17, 15) is 0 Å². The first-order valence-corrected chi connectivity index (χ1v) is 4.78. The minimum Gasteiger partial charge on any atom is -0.375 e. The van der Waals surface area contributed by atoms with Gasteiger partial charge in [-0.05, 0) is 53.8 Å². The quantitative estimate of drug-likeness (QED) is 0.740. The summed E-state index contributed by atoms with van der Waals surface area (Å²) in [6, 6.07) is 8.54. The van der Waals surface area contributed by atoms with Gasteiger partial charge >= 0.3 is 0 Å². The Morgan fingerprint density at radius 1 is 1.27 bits per heavy atom. The second kappa shape index (κ2) is 3.95. The highest BCUT2D eigenvalue weighted by Gasteiger charge is 1.95. The molecule has 1 rings (SSSR count). The van der Waals surface area contributed by atoms with Crippen molar-refractivity contribution in [1.82, 2.24) is 0 Å². The number of benzene rings is 1. The first kappa shape index (κ1) is 8.84. The molecule has 0 aliphatic carbocycles. The molecule has 0 atom stereocenters. The van der Waals surface area contributed by atoms with Crippen molar-refractivity contribution in [1.29, 1.82) is 0 Å². The molecular weight excluding hydrogens is 249 g/mol. The third-order valence-corrected chi connectivity index (χ3v) is 2.46. The van der Waals surface area contributed by atoms with Gasteiger partial charge in [0.15, 0.2) is 0 Å². The molecule has 0 heterocycles. The van der Waals surface area contributed by atoms with Gasteiger partial charge in [-0.3, -0.25) is 0 Å². The van der Waals surface area contributed by atoms with Gasteiger partial charge in [0.05, 0.1) is 0 Å². The predicted molar refractivity (Wildman–Crippen MR) is 58.1 cm³/mol. The van der Waals surface area contributed by atoms with E-state index in [-0.39, 0.29) is 0 Å². The molecule has 0 fully saturated rings. The van der Waals surface area contributed by atoms with Crippen LogP contribution < -0.4 is 4.90 Å². The zero-order valence-corrected chi connectivity index (χ0v) is 9.00. The molecule has 0 spiro atoms. The van der Waals surface area contributed by atoms with Crippen LogP contribution in [0.25, 0.3) is 0 Å². The molecule has 11 heavy (non-hydrogen) atoms. The minimum absolute atomic E-state index is 1.06. The fourth-order valence-electron chi connectivity index (χ4n) is 0.878. The molecule has 0 aromatic heterocycles. The monoisotopic (exact) mass is 261 g/mol. The Bertz CT molecular complexity index is 218. The molecule has 0 aliphatic heterocycles. The van der Waals surface area contributed by atoms with Gasteiger partial charge in [0.1, 0.15) is 0 Å². The van der Waals surface area contributed by atoms with E-state index in [0.717, 1.165) is 6.54 Å². The summed E-state index contributed by atoms with van der Waals surface area (Å²) in [6.45, 7) is 3.21. The smallest absolute Gasteiger partial charge is 0.0364 e. The van der Waals surface area contributed by atoms with E-state index >= 15 is 0 Å². The maximum absolute atomic E-state index is 2.31. The summed E-state index contributed by atoms with van der Waals surface area (Å²) in [5, 5.41) is 0. The molecule has 0 saturated carbocycles. The van der Waals surface area contributed by atoms with Crippen molar-refractivity contribution in [3.63, 3.8) is 0 Å². The van der Waals surface area contributed by atoms with E-state index in [1.165, 1.54) is 9.26 Å². The molecule has 1 aromatic carbocycles. The Hall–Kier alpha value is -0.250. The molecule has 0 amide bonds. The second-order valence-corrected chi connectivity index (χ2v) is 3.74. The summed E-state index contributed by atoms with van der Waals surface area (Å²) < 4.78 is 1.29. The Balaban J connectivity index is 2.81. The van der Waals surface area contributed by atoms with Gasteiger partial charge in [-0.15, -0.1) is 0 Å². The number of hydrogen-bond donors (Lipinski definition) is 0. The van der Waals surface area contributed by atoms with Crippen LogP contribution in [0.2, 0.25) is 0 Å². The van der Waals surface area contributed by atoms with Crippen LogP contribution in [-0.4, -0.2) is 13.6 Å². The Labute approximate surface area is 81.5 Å². The molecule has 0 unspecified atom stereocenters. The predicted octanol–water partition coefficient (Wildman–Crippen LogP) is 2.75. The van der Waals surface area contributed by atoms with Crippen LogP contribution in [-0.2, 0) is 0 Å². The van der Waals surface area contributed by atoms with E-state index in [4.69, 9.17) is 0 Å². The van der Waals surface area contributed by atoms with Crippen LogP contribution in [0.4, 0.5) is 5.69 Å². The minimum atomic E-state index is 1.06. The van der Waals surface area contributed by atoms with Crippen LogP contribution in [0.1, 0.15) is 6.92 Å².